The number of hydrogen-bond donors (Lipinski definition) is 2. The van der Waals surface area contributed by atoms with Crippen LogP contribution in [0.3, 0.4) is 0 Å². The molecule has 2 N–H and O–H groups in total. The number of aryl methyl sites for hydroxylation is 1. The number of carbonyl (C=O) groups is 3. The summed E-state index contributed by atoms with van der Waals surface area (Å²) in [6.07, 6.45) is 5.47. The van der Waals surface area contributed by atoms with E-state index in [0.717, 1.165) is 11.1 Å². The lowest BCUT2D eigenvalue weighted by Gasteiger charge is -2.34. The molecule has 2 unspecified atom stereocenters. The Morgan fingerprint density at radius 1 is 1.32 bits per heavy atom. The maximum atomic E-state index is 12.6. The van der Waals surface area contributed by atoms with Crippen LogP contribution >= 0.6 is 0 Å². The molecule has 1 fully saturated rings. The maximum Gasteiger partial charge on any atom is 0.322 e. The molecule has 132 valence electrons. The van der Waals surface area contributed by atoms with Gasteiger partial charge >= 0.3 is 12.0 Å². The molecule has 0 aromatic heterocycles. The highest BCUT2D eigenvalue weighted by atomic mass is 16.5. The SMILES string of the molecule is C#CCOC(=O)C(c1ccc(C)cc1)C(C)(C)CC1NC(=O)NC1=O. The highest BCUT2D eigenvalue weighted by molar-refractivity contribution is 6.04. The van der Waals surface area contributed by atoms with Crippen molar-refractivity contribution in [3.8, 4) is 12.3 Å². The molecule has 6 heteroatoms. The summed E-state index contributed by atoms with van der Waals surface area (Å²) < 4.78 is 5.17. The van der Waals surface area contributed by atoms with Crippen LogP contribution in [0.4, 0.5) is 4.79 Å². The van der Waals surface area contributed by atoms with Crippen LogP contribution in [0.2, 0.25) is 0 Å². The third-order valence-corrected chi connectivity index (χ3v) is 4.31. The molecule has 6 nitrogen and oxygen atoms in total. The zero-order valence-electron chi connectivity index (χ0n) is 14.6. The number of terminal acetylenes is 1. The van der Waals surface area contributed by atoms with Crippen molar-refractivity contribution in [3.63, 3.8) is 0 Å². The summed E-state index contributed by atoms with van der Waals surface area (Å²) in [4.78, 5) is 35.9. The Morgan fingerprint density at radius 2 is 1.96 bits per heavy atom. The number of urea groups is 1. The molecule has 1 aromatic rings. The summed E-state index contributed by atoms with van der Waals surface area (Å²) in [6, 6.07) is 6.36. The number of ether oxygens (including phenoxy) is 1. The van der Waals surface area contributed by atoms with Crippen molar-refractivity contribution in [3.05, 3.63) is 35.4 Å². The highest BCUT2D eigenvalue weighted by Crippen LogP contribution is 2.40. The van der Waals surface area contributed by atoms with E-state index in [4.69, 9.17) is 11.2 Å². The summed E-state index contributed by atoms with van der Waals surface area (Å²) in [5.41, 5.74) is 1.20. The molecule has 3 amide bonds. The predicted octanol–water partition coefficient (Wildman–Crippen LogP) is 1.88. The van der Waals surface area contributed by atoms with Gasteiger partial charge in [0.2, 0.25) is 0 Å². The molecular weight excluding hydrogens is 320 g/mol. The van der Waals surface area contributed by atoms with Gasteiger partial charge in [-0.15, -0.1) is 6.42 Å². The summed E-state index contributed by atoms with van der Waals surface area (Å²) in [5, 5.41) is 4.78. The molecule has 2 rings (SSSR count). The van der Waals surface area contributed by atoms with Gasteiger partial charge in [-0.3, -0.25) is 14.9 Å². The zero-order valence-corrected chi connectivity index (χ0v) is 14.6. The van der Waals surface area contributed by atoms with Crippen molar-refractivity contribution in [2.24, 2.45) is 5.41 Å². The summed E-state index contributed by atoms with van der Waals surface area (Å²) in [5.74, 6) is 0.830. The first-order chi connectivity index (χ1) is 11.7. The smallest absolute Gasteiger partial charge is 0.322 e. The minimum Gasteiger partial charge on any atom is -0.452 e. The average molecular weight is 342 g/mol. The van der Waals surface area contributed by atoms with Gasteiger partial charge in [0.25, 0.3) is 5.91 Å². The molecule has 1 saturated heterocycles. The summed E-state index contributed by atoms with van der Waals surface area (Å²) in [6.45, 7) is 5.58. The number of imide groups is 1. The van der Waals surface area contributed by atoms with Crippen LogP contribution in [0.25, 0.3) is 0 Å². The number of amides is 3. The molecule has 1 aromatic carbocycles. The first-order valence-electron chi connectivity index (χ1n) is 8.02. The third kappa shape index (κ3) is 4.38. The Kier molecular flexibility index (Phi) is 5.48. The van der Waals surface area contributed by atoms with E-state index in [2.05, 4.69) is 16.6 Å². The monoisotopic (exact) mass is 342 g/mol. The number of carbonyl (C=O) groups excluding carboxylic acids is 3. The van der Waals surface area contributed by atoms with Crippen molar-refractivity contribution < 1.29 is 19.1 Å². The van der Waals surface area contributed by atoms with E-state index in [1.165, 1.54) is 0 Å². The topological polar surface area (TPSA) is 84.5 Å². The van der Waals surface area contributed by atoms with Gasteiger partial charge in [-0.05, 0) is 24.3 Å². The largest absolute Gasteiger partial charge is 0.452 e. The van der Waals surface area contributed by atoms with Crippen molar-refractivity contribution >= 4 is 17.9 Å². The average Bonchev–Trinajstić information content (AvgIpc) is 2.84. The Labute approximate surface area is 147 Å². The van der Waals surface area contributed by atoms with E-state index >= 15 is 0 Å². The van der Waals surface area contributed by atoms with Crippen LogP contribution < -0.4 is 10.6 Å². The number of hydrogen-bond acceptors (Lipinski definition) is 4. The lowest BCUT2D eigenvalue weighted by molar-refractivity contribution is -0.147. The second-order valence-electron chi connectivity index (χ2n) is 6.86. The van der Waals surface area contributed by atoms with Crippen molar-refractivity contribution in [1.29, 1.82) is 0 Å². The van der Waals surface area contributed by atoms with Crippen molar-refractivity contribution in [2.75, 3.05) is 6.61 Å². The Bertz CT molecular complexity index is 716. The fourth-order valence-electron chi connectivity index (χ4n) is 3.11. The second kappa shape index (κ2) is 7.39. The van der Waals surface area contributed by atoms with Crippen LogP contribution in [0, 0.1) is 24.7 Å². The van der Waals surface area contributed by atoms with Crippen LogP contribution in [0.5, 0.6) is 0 Å². The van der Waals surface area contributed by atoms with Crippen LogP contribution in [-0.2, 0) is 14.3 Å². The molecule has 1 heterocycles. The minimum absolute atomic E-state index is 0.113. The number of rotatable bonds is 6. The predicted molar refractivity (Wildman–Crippen MR) is 92.6 cm³/mol. The molecule has 0 radical (unpaired) electrons. The van der Waals surface area contributed by atoms with E-state index in [1.54, 1.807) is 0 Å². The zero-order chi connectivity index (χ0) is 18.6. The summed E-state index contributed by atoms with van der Waals surface area (Å²) >= 11 is 0. The van der Waals surface area contributed by atoms with Crippen LogP contribution in [0.15, 0.2) is 24.3 Å². The molecule has 0 saturated carbocycles. The Hall–Kier alpha value is -2.81. The maximum absolute atomic E-state index is 12.6. The normalized spacial score (nSPS) is 18.1. The number of esters is 1. The lowest BCUT2D eigenvalue weighted by Crippen LogP contribution is -2.39. The lowest BCUT2D eigenvalue weighted by atomic mass is 9.71. The molecule has 25 heavy (non-hydrogen) atoms. The van der Waals surface area contributed by atoms with E-state index in [-0.39, 0.29) is 13.0 Å². The first kappa shape index (κ1) is 18.5. The minimum atomic E-state index is -0.684. The van der Waals surface area contributed by atoms with Gasteiger partial charge in [0.1, 0.15) is 6.04 Å². The molecular formula is C19H22N2O4. The van der Waals surface area contributed by atoms with Gasteiger partial charge in [-0.2, -0.15) is 0 Å². The van der Waals surface area contributed by atoms with E-state index in [9.17, 15) is 14.4 Å². The van der Waals surface area contributed by atoms with Gasteiger partial charge in [0.15, 0.2) is 6.61 Å². The highest BCUT2D eigenvalue weighted by Gasteiger charge is 2.42. The third-order valence-electron chi connectivity index (χ3n) is 4.31. The van der Waals surface area contributed by atoms with Gasteiger partial charge in [0.05, 0.1) is 5.92 Å². The Morgan fingerprint density at radius 3 is 2.48 bits per heavy atom. The molecule has 0 aliphatic carbocycles. The van der Waals surface area contributed by atoms with Crippen molar-refractivity contribution in [1.82, 2.24) is 10.6 Å². The Balaban J connectivity index is 2.30. The van der Waals surface area contributed by atoms with Gasteiger partial charge in [-0.1, -0.05) is 49.6 Å². The fraction of sp³-hybridized carbons (Fsp3) is 0.421. The van der Waals surface area contributed by atoms with Gasteiger partial charge < -0.3 is 10.1 Å². The molecule has 0 spiro atoms. The summed E-state index contributed by atoms with van der Waals surface area (Å²) in [7, 11) is 0. The first-order valence-corrected chi connectivity index (χ1v) is 8.02. The van der Waals surface area contributed by atoms with Crippen molar-refractivity contribution in [2.45, 2.75) is 39.2 Å². The van der Waals surface area contributed by atoms with Crippen LogP contribution in [0.1, 0.15) is 37.3 Å². The second-order valence-corrected chi connectivity index (χ2v) is 6.86. The van der Waals surface area contributed by atoms with Gasteiger partial charge in [-0.25, -0.2) is 4.79 Å². The van der Waals surface area contributed by atoms with Crippen LogP contribution in [-0.4, -0.2) is 30.6 Å². The molecule has 1 aliphatic rings. The molecule has 0 bridgehead atoms. The number of benzene rings is 1. The van der Waals surface area contributed by atoms with E-state index in [1.807, 2.05) is 45.0 Å². The fourth-order valence-corrected chi connectivity index (χ4v) is 3.11. The number of nitrogens with one attached hydrogen (secondary N) is 2. The molecule has 1 aliphatic heterocycles. The molecule has 2 atom stereocenters. The van der Waals surface area contributed by atoms with E-state index in [0.29, 0.717) is 0 Å². The van der Waals surface area contributed by atoms with Gasteiger partial charge in [0, 0.05) is 0 Å². The van der Waals surface area contributed by atoms with E-state index < -0.39 is 35.3 Å². The standard InChI is InChI=1S/C19H22N2O4/c1-5-10-25-17(23)15(13-8-6-12(2)7-9-13)19(3,4)11-14-16(22)21-18(24)20-14/h1,6-9,14-15H,10-11H2,2-4H3,(H2,20,21,22,24). The quantitative estimate of drug-likeness (QED) is 0.470.